The number of ether oxygens (including phenoxy) is 2. The maximum Gasteiger partial charge on any atom is 0.410 e. The minimum Gasteiger partial charge on any atom is -0.444 e. The molecule has 2 N–H and O–H groups in total. The summed E-state index contributed by atoms with van der Waals surface area (Å²) in [5.41, 5.74) is -0.509. The summed E-state index contributed by atoms with van der Waals surface area (Å²) in [6, 6.07) is 8.70. The molecule has 2 amide bonds. The van der Waals surface area contributed by atoms with Crippen LogP contribution in [-0.2, 0) is 32.8 Å². The average molecular weight is 560 g/mol. The van der Waals surface area contributed by atoms with Gasteiger partial charge in [0.1, 0.15) is 11.2 Å². The number of amides is 2. The van der Waals surface area contributed by atoms with Gasteiger partial charge in [0, 0.05) is 50.1 Å². The van der Waals surface area contributed by atoms with Crippen molar-refractivity contribution in [3.8, 4) is 0 Å². The second kappa shape index (κ2) is 11.7. The largest absolute Gasteiger partial charge is 0.444 e. The van der Waals surface area contributed by atoms with E-state index in [1.54, 1.807) is 38.8 Å². The molecule has 2 aromatic rings. The van der Waals surface area contributed by atoms with Crippen LogP contribution in [0.4, 0.5) is 4.79 Å². The van der Waals surface area contributed by atoms with Crippen molar-refractivity contribution in [1.82, 2.24) is 14.8 Å². The Morgan fingerprint density at radius 3 is 2.62 bits per heavy atom. The standard InChI is InChI=1S/C29H38ClN3O6/c1-28(2,3)39-27(36)32-13-11-29(37,21-9-12-31-25(34)16-21)23(18-32)26(35)33(22-6-7-22)17-20-15-19(10-14-38-4)5-8-24(20)30/h5,8-9,12,15-16,22-23,37H,6-7,10-11,13-14,17-18H2,1-4H3,(H,31,34). The molecule has 10 heteroatoms. The molecule has 1 aliphatic carbocycles. The fourth-order valence-corrected chi connectivity index (χ4v) is 5.24. The molecule has 1 aliphatic heterocycles. The van der Waals surface area contributed by atoms with Crippen LogP contribution in [0.15, 0.2) is 41.3 Å². The van der Waals surface area contributed by atoms with Gasteiger partial charge in [0.15, 0.2) is 0 Å². The van der Waals surface area contributed by atoms with Crippen molar-refractivity contribution in [2.45, 2.75) is 70.2 Å². The van der Waals surface area contributed by atoms with Gasteiger partial charge in [-0.1, -0.05) is 23.7 Å². The zero-order valence-electron chi connectivity index (χ0n) is 23.0. The van der Waals surface area contributed by atoms with Gasteiger partial charge in [0.05, 0.1) is 12.5 Å². The number of H-pyrrole nitrogens is 1. The van der Waals surface area contributed by atoms with E-state index in [0.717, 1.165) is 24.0 Å². The zero-order valence-corrected chi connectivity index (χ0v) is 23.8. The van der Waals surface area contributed by atoms with Gasteiger partial charge in [-0.2, -0.15) is 0 Å². The molecule has 2 fully saturated rings. The predicted octanol–water partition coefficient (Wildman–Crippen LogP) is 3.85. The Labute approximate surface area is 234 Å². The Morgan fingerprint density at radius 2 is 1.97 bits per heavy atom. The maximum absolute atomic E-state index is 14.3. The molecule has 0 radical (unpaired) electrons. The SMILES string of the molecule is COCCc1ccc(Cl)c(CN(C(=O)C2CN(C(=O)OC(C)(C)C)CCC2(O)c2cc[nH]c(=O)c2)C2CC2)c1. The van der Waals surface area contributed by atoms with E-state index in [9.17, 15) is 19.5 Å². The van der Waals surface area contributed by atoms with Crippen LogP contribution in [0.1, 0.15) is 56.7 Å². The molecule has 9 nitrogen and oxygen atoms in total. The van der Waals surface area contributed by atoms with Gasteiger partial charge in [-0.25, -0.2) is 4.79 Å². The first-order valence-corrected chi connectivity index (χ1v) is 13.8. The number of pyridine rings is 1. The maximum atomic E-state index is 14.3. The lowest BCUT2D eigenvalue weighted by atomic mass is 9.75. The third-order valence-corrected chi connectivity index (χ3v) is 7.65. The van der Waals surface area contributed by atoms with Crippen LogP contribution >= 0.6 is 11.6 Å². The van der Waals surface area contributed by atoms with Gasteiger partial charge in [0.2, 0.25) is 11.5 Å². The van der Waals surface area contributed by atoms with Crippen molar-refractivity contribution in [3.05, 3.63) is 68.6 Å². The third kappa shape index (κ3) is 7.01. The summed E-state index contributed by atoms with van der Waals surface area (Å²) < 4.78 is 10.8. The Balaban J connectivity index is 1.67. The average Bonchev–Trinajstić information content (AvgIpc) is 3.71. The molecule has 4 rings (SSSR count). The number of piperidine rings is 1. The second-order valence-electron chi connectivity index (χ2n) is 11.5. The van der Waals surface area contributed by atoms with Crippen LogP contribution in [0.25, 0.3) is 0 Å². The fourth-order valence-electron chi connectivity index (χ4n) is 5.06. The minimum absolute atomic E-state index is 0.0107. The van der Waals surface area contributed by atoms with E-state index in [1.165, 1.54) is 17.2 Å². The molecule has 1 aromatic carbocycles. The number of aliphatic hydroxyl groups is 1. The van der Waals surface area contributed by atoms with E-state index < -0.39 is 23.2 Å². The monoisotopic (exact) mass is 559 g/mol. The molecule has 0 spiro atoms. The second-order valence-corrected chi connectivity index (χ2v) is 11.9. The van der Waals surface area contributed by atoms with E-state index in [2.05, 4.69) is 4.98 Å². The number of hydrogen-bond acceptors (Lipinski definition) is 6. The van der Waals surface area contributed by atoms with E-state index in [-0.39, 0.29) is 43.6 Å². The number of carbonyl (C=O) groups excluding carboxylic acids is 2. The number of hydrogen-bond donors (Lipinski definition) is 2. The summed E-state index contributed by atoms with van der Waals surface area (Å²) >= 11 is 6.56. The molecule has 2 aliphatic rings. The number of nitrogens with one attached hydrogen (secondary N) is 1. The summed E-state index contributed by atoms with van der Waals surface area (Å²) in [7, 11) is 1.65. The number of rotatable bonds is 8. The van der Waals surface area contributed by atoms with Gasteiger partial charge in [-0.15, -0.1) is 0 Å². The van der Waals surface area contributed by atoms with Gasteiger partial charge >= 0.3 is 6.09 Å². The number of likely N-dealkylation sites (tertiary alicyclic amines) is 1. The van der Waals surface area contributed by atoms with Crippen LogP contribution < -0.4 is 5.56 Å². The van der Waals surface area contributed by atoms with E-state index in [1.807, 2.05) is 18.2 Å². The number of nitrogens with zero attached hydrogens (tertiary/aromatic N) is 2. The fraction of sp³-hybridized carbons (Fsp3) is 0.552. The molecule has 2 heterocycles. The lowest BCUT2D eigenvalue weighted by Gasteiger charge is -2.45. The smallest absolute Gasteiger partial charge is 0.410 e. The number of carbonyl (C=O) groups is 2. The molecular formula is C29H38ClN3O6. The van der Waals surface area contributed by atoms with Crippen LogP contribution in [0, 0.1) is 5.92 Å². The lowest BCUT2D eigenvalue weighted by molar-refractivity contribution is -0.155. The van der Waals surface area contributed by atoms with Gasteiger partial charge < -0.3 is 29.4 Å². The first-order chi connectivity index (χ1) is 18.4. The van der Waals surface area contributed by atoms with Crippen molar-refractivity contribution >= 4 is 23.6 Å². The van der Waals surface area contributed by atoms with Crippen molar-refractivity contribution in [2.24, 2.45) is 5.92 Å². The van der Waals surface area contributed by atoms with Crippen LogP contribution in [0.5, 0.6) is 0 Å². The number of aromatic nitrogens is 1. The predicted molar refractivity (Wildman–Crippen MR) is 147 cm³/mol. The van der Waals surface area contributed by atoms with Crippen LogP contribution in [0.2, 0.25) is 5.02 Å². The van der Waals surface area contributed by atoms with Gasteiger partial charge in [0.25, 0.3) is 0 Å². The molecule has 1 aromatic heterocycles. The quantitative estimate of drug-likeness (QED) is 0.508. The molecular weight excluding hydrogens is 522 g/mol. The van der Waals surface area contributed by atoms with Gasteiger partial charge in [-0.05, 0) is 75.3 Å². The van der Waals surface area contributed by atoms with Crippen molar-refractivity contribution in [2.75, 3.05) is 26.8 Å². The highest BCUT2D eigenvalue weighted by molar-refractivity contribution is 6.31. The third-order valence-electron chi connectivity index (χ3n) is 7.28. The van der Waals surface area contributed by atoms with Crippen molar-refractivity contribution < 1.29 is 24.2 Å². The Hall–Kier alpha value is -2.88. The molecule has 39 heavy (non-hydrogen) atoms. The molecule has 1 saturated carbocycles. The highest BCUT2D eigenvalue weighted by Gasteiger charge is 2.51. The molecule has 1 saturated heterocycles. The summed E-state index contributed by atoms with van der Waals surface area (Å²) in [5.74, 6) is -1.29. The van der Waals surface area contributed by atoms with E-state index >= 15 is 0 Å². The first kappa shape index (κ1) is 29.1. The Morgan fingerprint density at radius 1 is 1.23 bits per heavy atom. The van der Waals surface area contributed by atoms with Gasteiger partial charge in [-0.3, -0.25) is 9.59 Å². The highest BCUT2D eigenvalue weighted by Crippen LogP contribution is 2.41. The van der Waals surface area contributed by atoms with Crippen molar-refractivity contribution in [1.29, 1.82) is 0 Å². The first-order valence-electron chi connectivity index (χ1n) is 13.4. The number of methoxy groups -OCH3 is 1. The molecule has 2 atom stereocenters. The normalized spacial score (nSPS) is 21.5. The minimum atomic E-state index is -1.64. The lowest BCUT2D eigenvalue weighted by Crippen LogP contribution is -2.58. The summed E-state index contributed by atoms with van der Waals surface area (Å²) in [5, 5.41) is 12.6. The molecule has 212 valence electrons. The summed E-state index contributed by atoms with van der Waals surface area (Å²) in [6.45, 7) is 6.33. The topological polar surface area (TPSA) is 112 Å². The van der Waals surface area contributed by atoms with E-state index in [0.29, 0.717) is 23.6 Å². The van der Waals surface area contributed by atoms with E-state index in [4.69, 9.17) is 21.1 Å². The Bertz CT molecular complexity index is 1250. The molecule has 2 unspecified atom stereocenters. The van der Waals surface area contributed by atoms with Crippen LogP contribution in [-0.4, -0.2) is 70.3 Å². The summed E-state index contributed by atoms with van der Waals surface area (Å²) in [6.07, 6.45) is 3.41. The highest BCUT2D eigenvalue weighted by atomic mass is 35.5. The van der Waals surface area contributed by atoms with Crippen LogP contribution in [0.3, 0.4) is 0 Å². The zero-order chi connectivity index (χ0) is 28.4. The number of aromatic amines is 1. The Kier molecular flexibility index (Phi) is 8.73. The van der Waals surface area contributed by atoms with Crippen molar-refractivity contribution in [3.63, 3.8) is 0 Å². The molecule has 0 bridgehead atoms. The number of benzene rings is 1. The number of halogens is 1. The summed E-state index contributed by atoms with van der Waals surface area (Å²) in [4.78, 5) is 45.2.